The van der Waals surface area contributed by atoms with Crippen molar-refractivity contribution < 1.29 is 4.39 Å². The summed E-state index contributed by atoms with van der Waals surface area (Å²) in [6.45, 7) is 1.45. The van der Waals surface area contributed by atoms with Gasteiger partial charge in [-0.15, -0.1) is 0 Å². The Hall–Kier alpha value is -1.13. The van der Waals surface area contributed by atoms with E-state index in [9.17, 15) is 4.39 Å². The highest BCUT2D eigenvalue weighted by molar-refractivity contribution is 6.34. The molecule has 1 aromatic carbocycles. The Labute approximate surface area is 91.8 Å². The molecule has 5 heteroatoms. The quantitative estimate of drug-likeness (QED) is 0.870. The van der Waals surface area contributed by atoms with Crippen LogP contribution >= 0.6 is 11.6 Å². The van der Waals surface area contributed by atoms with E-state index in [2.05, 4.69) is 10.4 Å². The highest BCUT2D eigenvalue weighted by atomic mass is 35.5. The molecule has 0 unspecified atom stereocenters. The number of fused-ring (bicyclic) bond motifs is 1. The molecule has 2 rings (SSSR count). The van der Waals surface area contributed by atoms with Crippen LogP contribution in [0.4, 0.5) is 4.39 Å². The summed E-state index contributed by atoms with van der Waals surface area (Å²) in [6, 6.07) is 4.42. The second-order valence-electron chi connectivity index (χ2n) is 3.28. The number of likely N-dealkylation sites (N-methyl/N-ethyl adjacent to an activating group) is 1. The van der Waals surface area contributed by atoms with Crippen LogP contribution in [0.2, 0.25) is 5.15 Å². The van der Waals surface area contributed by atoms with Crippen molar-refractivity contribution in [3.63, 3.8) is 0 Å². The van der Waals surface area contributed by atoms with Gasteiger partial charge in [-0.3, -0.25) is 4.68 Å². The standard InChI is InChI=1S/C10H11ClFN3/c1-13-4-5-15-10(11)8-6-7(12)2-3-9(8)14-15/h2-3,6,13H,4-5H2,1H3. The number of benzene rings is 1. The minimum Gasteiger partial charge on any atom is -0.318 e. The summed E-state index contributed by atoms with van der Waals surface area (Å²) in [7, 11) is 1.86. The summed E-state index contributed by atoms with van der Waals surface area (Å²) in [4.78, 5) is 0. The molecule has 0 aliphatic carbocycles. The molecule has 0 saturated carbocycles. The van der Waals surface area contributed by atoms with Crippen molar-refractivity contribution in [2.45, 2.75) is 6.54 Å². The maximum absolute atomic E-state index is 13.0. The fraction of sp³-hybridized carbons (Fsp3) is 0.300. The third-order valence-electron chi connectivity index (χ3n) is 2.21. The summed E-state index contributed by atoms with van der Waals surface area (Å²) >= 11 is 6.07. The smallest absolute Gasteiger partial charge is 0.135 e. The summed E-state index contributed by atoms with van der Waals surface area (Å²) < 4.78 is 14.6. The molecular formula is C10H11ClFN3. The molecule has 0 aliphatic rings. The number of rotatable bonds is 3. The summed E-state index contributed by atoms with van der Waals surface area (Å²) in [6.07, 6.45) is 0. The zero-order chi connectivity index (χ0) is 10.8. The van der Waals surface area contributed by atoms with E-state index >= 15 is 0 Å². The van der Waals surface area contributed by atoms with E-state index in [1.807, 2.05) is 7.05 Å². The van der Waals surface area contributed by atoms with E-state index in [0.717, 1.165) is 12.1 Å². The molecule has 0 bridgehead atoms. The second-order valence-corrected chi connectivity index (χ2v) is 3.64. The van der Waals surface area contributed by atoms with Gasteiger partial charge in [0.15, 0.2) is 0 Å². The predicted molar refractivity (Wildman–Crippen MR) is 58.6 cm³/mol. The van der Waals surface area contributed by atoms with Crippen molar-refractivity contribution in [3.05, 3.63) is 29.2 Å². The van der Waals surface area contributed by atoms with Crippen LogP contribution in [-0.2, 0) is 6.54 Å². The lowest BCUT2D eigenvalue weighted by Crippen LogP contribution is -2.15. The molecular weight excluding hydrogens is 217 g/mol. The molecule has 1 aromatic heterocycles. The van der Waals surface area contributed by atoms with Crippen LogP contribution < -0.4 is 5.32 Å². The highest BCUT2D eigenvalue weighted by Crippen LogP contribution is 2.23. The Morgan fingerprint density at radius 1 is 1.53 bits per heavy atom. The molecule has 0 fully saturated rings. The van der Waals surface area contributed by atoms with Crippen LogP contribution in [0.5, 0.6) is 0 Å². The Kier molecular flexibility index (Phi) is 2.88. The maximum atomic E-state index is 13.0. The van der Waals surface area contributed by atoms with Gasteiger partial charge in [0, 0.05) is 11.9 Å². The molecule has 0 aliphatic heterocycles. The Morgan fingerprint density at radius 3 is 3.07 bits per heavy atom. The maximum Gasteiger partial charge on any atom is 0.135 e. The second kappa shape index (κ2) is 4.16. The first-order chi connectivity index (χ1) is 7.22. The normalized spacial score (nSPS) is 11.1. The molecule has 0 atom stereocenters. The Bertz CT molecular complexity index is 481. The monoisotopic (exact) mass is 227 g/mol. The van der Waals surface area contributed by atoms with Crippen molar-refractivity contribution in [2.75, 3.05) is 13.6 Å². The average Bonchev–Trinajstić information content (AvgIpc) is 2.53. The zero-order valence-corrected chi connectivity index (χ0v) is 9.05. The number of hydrogen-bond donors (Lipinski definition) is 1. The van der Waals surface area contributed by atoms with Crippen LogP contribution in [0.1, 0.15) is 0 Å². The van der Waals surface area contributed by atoms with E-state index in [0.29, 0.717) is 17.1 Å². The number of hydrogen-bond acceptors (Lipinski definition) is 2. The molecule has 1 N–H and O–H groups in total. The largest absolute Gasteiger partial charge is 0.318 e. The molecule has 0 amide bonds. The Morgan fingerprint density at radius 2 is 2.33 bits per heavy atom. The first kappa shape index (κ1) is 10.4. The predicted octanol–water partition coefficient (Wildman–Crippen LogP) is 2.05. The highest BCUT2D eigenvalue weighted by Gasteiger charge is 2.08. The number of halogens is 2. The molecule has 2 aromatic rings. The van der Waals surface area contributed by atoms with Gasteiger partial charge >= 0.3 is 0 Å². The van der Waals surface area contributed by atoms with E-state index in [-0.39, 0.29) is 5.82 Å². The molecule has 80 valence electrons. The van der Waals surface area contributed by atoms with Gasteiger partial charge in [0.1, 0.15) is 11.0 Å². The third-order valence-corrected chi connectivity index (χ3v) is 2.61. The third kappa shape index (κ3) is 1.96. The van der Waals surface area contributed by atoms with Crippen molar-refractivity contribution in [1.29, 1.82) is 0 Å². The van der Waals surface area contributed by atoms with Crippen molar-refractivity contribution in [1.82, 2.24) is 15.1 Å². The zero-order valence-electron chi connectivity index (χ0n) is 8.30. The number of aromatic nitrogens is 2. The van der Waals surface area contributed by atoms with Gasteiger partial charge in [-0.05, 0) is 25.2 Å². The van der Waals surface area contributed by atoms with E-state index in [4.69, 9.17) is 11.6 Å². The van der Waals surface area contributed by atoms with Crippen molar-refractivity contribution in [2.24, 2.45) is 0 Å². The first-order valence-corrected chi connectivity index (χ1v) is 5.06. The van der Waals surface area contributed by atoms with Gasteiger partial charge in [-0.1, -0.05) is 11.6 Å². The molecule has 3 nitrogen and oxygen atoms in total. The van der Waals surface area contributed by atoms with Gasteiger partial charge in [0.05, 0.1) is 12.1 Å². The van der Waals surface area contributed by atoms with Gasteiger partial charge in [-0.25, -0.2) is 4.39 Å². The van der Waals surface area contributed by atoms with Crippen molar-refractivity contribution in [3.8, 4) is 0 Å². The van der Waals surface area contributed by atoms with E-state index in [1.54, 1.807) is 10.7 Å². The average molecular weight is 228 g/mol. The fourth-order valence-electron chi connectivity index (χ4n) is 1.44. The van der Waals surface area contributed by atoms with E-state index < -0.39 is 0 Å². The van der Waals surface area contributed by atoms with Crippen LogP contribution in [0, 0.1) is 5.82 Å². The minimum atomic E-state index is -0.294. The van der Waals surface area contributed by atoms with Crippen molar-refractivity contribution >= 4 is 22.5 Å². The lowest BCUT2D eigenvalue weighted by molar-refractivity contribution is 0.590. The van der Waals surface area contributed by atoms with E-state index in [1.165, 1.54) is 12.1 Å². The van der Waals surface area contributed by atoms with Gasteiger partial charge in [0.25, 0.3) is 0 Å². The first-order valence-electron chi connectivity index (χ1n) is 4.68. The SMILES string of the molecule is CNCCn1nc2ccc(F)cc2c1Cl. The van der Waals surface area contributed by atoms with Gasteiger partial charge < -0.3 is 5.32 Å². The molecule has 1 heterocycles. The molecule has 0 saturated heterocycles. The van der Waals surface area contributed by atoms with Crippen LogP contribution in [0.15, 0.2) is 18.2 Å². The summed E-state index contributed by atoms with van der Waals surface area (Å²) in [5.74, 6) is -0.294. The van der Waals surface area contributed by atoms with Crippen LogP contribution in [-0.4, -0.2) is 23.4 Å². The van der Waals surface area contributed by atoms with Crippen LogP contribution in [0.3, 0.4) is 0 Å². The Balaban J connectivity index is 2.45. The minimum absolute atomic E-state index is 0.294. The lowest BCUT2D eigenvalue weighted by Gasteiger charge is -2.00. The fourth-order valence-corrected chi connectivity index (χ4v) is 1.71. The molecule has 15 heavy (non-hydrogen) atoms. The molecule has 0 radical (unpaired) electrons. The topological polar surface area (TPSA) is 29.9 Å². The van der Waals surface area contributed by atoms with Gasteiger partial charge in [0.2, 0.25) is 0 Å². The number of nitrogens with one attached hydrogen (secondary N) is 1. The summed E-state index contributed by atoms with van der Waals surface area (Å²) in [5.41, 5.74) is 0.720. The lowest BCUT2D eigenvalue weighted by atomic mass is 10.2. The molecule has 0 spiro atoms. The summed E-state index contributed by atoms with van der Waals surface area (Å²) in [5, 5.41) is 8.42. The number of nitrogens with zero attached hydrogens (tertiary/aromatic N) is 2. The van der Waals surface area contributed by atoms with Gasteiger partial charge in [-0.2, -0.15) is 5.10 Å². The van der Waals surface area contributed by atoms with Crippen LogP contribution in [0.25, 0.3) is 10.9 Å².